The first-order valence-corrected chi connectivity index (χ1v) is 7.57. The Hall–Kier alpha value is -2.17. The minimum absolute atomic E-state index is 0.151. The Morgan fingerprint density at radius 3 is 2.76 bits per heavy atom. The van der Waals surface area contributed by atoms with E-state index in [1.165, 1.54) is 19.3 Å². The molecule has 1 heterocycles. The van der Waals surface area contributed by atoms with Crippen LogP contribution in [-0.4, -0.2) is 26.7 Å². The Morgan fingerprint density at radius 1 is 1.19 bits per heavy atom. The van der Waals surface area contributed by atoms with E-state index in [1.807, 2.05) is 30.3 Å². The van der Waals surface area contributed by atoms with Gasteiger partial charge in [-0.3, -0.25) is 4.79 Å². The van der Waals surface area contributed by atoms with Crippen molar-refractivity contribution in [2.75, 3.05) is 0 Å². The molecule has 5 heteroatoms. The number of nitrogens with one attached hydrogen (secondary N) is 1. The number of carbonyl (C=O) groups excluding carboxylic acids is 1. The zero-order valence-corrected chi connectivity index (χ0v) is 11.8. The van der Waals surface area contributed by atoms with Gasteiger partial charge in [0, 0.05) is 6.04 Å². The van der Waals surface area contributed by atoms with Crippen molar-refractivity contribution in [3.05, 3.63) is 42.5 Å². The molecule has 2 bridgehead atoms. The van der Waals surface area contributed by atoms with Gasteiger partial charge in [-0.1, -0.05) is 24.6 Å². The van der Waals surface area contributed by atoms with Crippen molar-refractivity contribution in [1.29, 1.82) is 0 Å². The number of para-hydroxylation sites is 1. The van der Waals surface area contributed by atoms with Crippen LogP contribution >= 0.6 is 0 Å². The van der Waals surface area contributed by atoms with Crippen LogP contribution in [0.25, 0.3) is 5.69 Å². The summed E-state index contributed by atoms with van der Waals surface area (Å²) < 4.78 is 1.63. The zero-order chi connectivity index (χ0) is 14.2. The number of carbonyl (C=O) groups is 1. The molecule has 4 rings (SSSR count). The molecule has 1 amide bonds. The number of aromatic nitrogens is 3. The molecule has 2 fully saturated rings. The quantitative estimate of drug-likeness (QED) is 0.938. The van der Waals surface area contributed by atoms with Crippen molar-refractivity contribution in [3.63, 3.8) is 0 Å². The lowest BCUT2D eigenvalue weighted by Gasteiger charge is -2.22. The van der Waals surface area contributed by atoms with Gasteiger partial charge in [0.25, 0.3) is 5.91 Å². The van der Waals surface area contributed by atoms with Crippen LogP contribution in [0.3, 0.4) is 0 Å². The van der Waals surface area contributed by atoms with Gasteiger partial charge in [-0.2, -0.15) is 0 Å². The van der Waals surface area contributed by atoms with Gasteiger partial charge in [-0.05, 0) is 43.2 Å². The minimum atomic E-state index is -0.151. The molecule has 0 unspecified atom stereocenters. The third-order valence-corrected chi connectivity index (χ3v) is 4.77. The second kappa shape index (κ2) is 4.98. The average Bonchev–Trinajstić information content (AvgIpc) is 3.24. The molecule has 1 N–H and O–H groups in total. The minimum Gasteiger partial charge on any atom is -0.346 e. The van der Waals surface area contributed by atoms with Gasteiger partial charge >= 0.3 is 0 Å². The first-order chi connectivity index (χ1) is 10.3. The monoisotopic (exact) mass is 282 g/mol. The standard InChI is InChI=1S/C16H18N4O/c21-16(18-14-9-11-6-7-12(14)8-11)15-17-10-20(19-15)13-4-2-1-3-5-13/h1-5,10-12,14H,6-9H2,(H,18,21)/t11-,12-,14+/m0/s1. The van der Waals surface area contributed by atoms with Crippen molar-refractivity contribution >= 4 is 5.91 Å². The van der Waals surface area contributed by atoms with E-state index >= 15 is 0 Å². The van der Waals surface area contributed by atoms with E-state index in [0.29, 0.717) is 12.0 Å². The molecule has 2 saturated carbocycles. The fourth-order valence-electron chi connectivity index (χ4n) is 3.73. The van der Waals surface area contributed by atoms with Crippen molar-refractivity contribution in [1.82, 2.24) is 20.1 Å². The number of rotatable bonds is 3. The van der Waals surface area contributed by atoms with Crippen molar-refractivity contribution in [2.45, 2.75) is 31.7 Å². The van der Waals surface area contributed by atoms with Crippen LogP contribution in [0, 0.1) is 11.8 Å². The molecule has 0 spiro atoms. The summed E-state index contributed by atoms with van der Waals surface area (Å²) in [7, 11) is 0. The highest BCUT2D eigenvalue weighted by atomic mass is 16.2. The zero-order valence-electron chi connectivity index (χ0n) is 11.8. The molecule has 1 aromatic heterocycles. The average molecular weight is 282 g/mol. The second-order valence-corrected chi connectivity index (χ2v) is 6.10. The van der Waals surface area contributed by atoms with E-state index in [4.69, 9.17) is 0 Å². The summed E-state index contributed by atoms with van der Waals surface area (Å²) in [5.41, 5.74) is 0.906. The highest BCUT2D eigenvalue weighted by Gasteiger charge is 2.40. The molecule has 0 radical (unpaired) electrons. The highest BCUT2D eigenvalue weighted by Crippen LogP contribution is 2.44. The topological polar surface area (TPSA) is 59.8 Å². The number of amides is 1. The van der Waals surface area contributed by atoms with Crippen molar-refractivity contribution in [2.24, 2.45) is 11.8 Å². The maximum Gasteiger partial charge on any atom is 0.291 e. The van der Waals surface area contributed by atoms with E-state index < -0.39 is 0 Å². The molecular formula is C16H18N4O. The number of fused-ring (bicyclic) bond motifs is 2. The summed E-state index contributed by atoms with van der Waals surface area (Å²) in [5, 5.41) is 7.39. The van der Waals surface area contributed by atoms with Crippen LogP contribution in [0.2, 0.25) is 0 Å². The Balaban J connectivity index is 1.47. The Morgan fingerprint density at radius 2 is 2.05 bits per heavy atom. The van der Waals surface area contributed by atoms with E-state index in [1.54, 1.807) is 11.0 Å². The Bertz CT molecular complexity index is 651. The summed E-state index contributed by atoms with van der Waals surface area (Å²) in [6, 6.07) is 10.0. The molecule has 2 aromatic rings. The van der Waals surface area contributed by atoms with E-state index in [2.05, 4.69) is 15.4 Å². The van der Waals surface area contributed by atoms with Gasteiger partial charge in [0.2, 0.25) is 5.82 Å². The molecule has 108 valence electrons. The Kier molecular flexibility index (Phi) is 2.98. The summed E-state index contributed by atoms with van der Waals surface area (Å²) in [5.74, 6) is 1.58. The smallest absolute Gasteiger partial charge is 0.291 e. The maximum absolute atomic E-state index is 12.3. The van der Waals surface area contributed by atoms with Gasteiger partial charge in [-0.15, -0.1) is 5.10 Å². The summed E-state index contributed by atoms with van der Waals surface area (Å²) >= 11 is 0. The predicted molar refractivity (Wildman–Crippen MR) is 78.1 cm³/mol. The van der Waals surface area contributed by atoms with Crippen LogP contribution in [0.1, 0.15) is 36.3 Å². The van der Waals surface area contributed by atoms with Crippen molar-refractivity contribution < 1.29 is 4.79 Å². The fourth-order valence-corrected chi connectivity index (χ4v) is 3.73. The SMILES string of the molecule is O=C(N[C@@H]1C[C@H]2CC[C@H]1C2)c1ncn(-c2ccccc2)n1. The van der Waals surface area contributed by atoms with Gasteiger partial charge in [0.1, 0.15) is 6.33 Å². The largest absolute Gasteiger partial charge is 0.346 e. The normalized spacial score (nSPS) is 27.0. The summed E-state index contributed by atoms with van der Waals surface area (Å²) in [6.45, 7) is 0. The first-order valence-electron chi connectivity index (χ1n) is 7.57. The lowest BCUT2D eigenvalue weighted by molar-refractivity contribution is 0.0912. The van der Waals surface area contributed by atoms with E-state index in [9.17, 15) is 4.79 Å². The lowest BCUT2D eigenvalue weighted by atomic mass is 9.95. The third kappa shape index (κ3) is 2.33. The van der Waals surface area contributed by atoms with Gasteiger partial charge in [0.05, 0.1) is 5.69 Å². The highest BCUT2D eigenvalue weighted by molar-refractivity contribution is 5.90. The molecule has 2 aliphatic rings. The molecule has 5 nitrogen and oxygen atoms in total. The molecule has 0 saturated heterocycles. The summed E-state index contributed by atoms with van der Waals surface area (Å²) in [4.78, 5) is 16.4. The number of nitrogens with zero attached hydrogens (tertiary/aromatic N) is 3. The van der Waals surface area contributed by atoms with Crippen LogP contribution in [0.5, 0.6) is 0 Å². The second-order valence-electron chi connectivity index (χ2n) is 6.10. The van der Waals surface area contributed by atoms with Gasteiger partial charge in [0.15, 0.2) is 0 Å². The third-order valence-electron chi connectivity index (χ3n) is 4.77. The lowest BCUT2D eigenvalue weighted by Crippen LogP contribution is -2.39. The van der Waals surface area contributed by atoms with Gasteiger partial charge < -0.3 is 5.32 Å². The fraction of sp³-hybridized carbons (Fsp3) is 0.438. The first kappa shape index (κ1) is 12.6. The molecule has 1 aromatic carbocycles. The van der Waals surface area contributed by atoms with Crippen LogP contribution in [0.15, 0.2) is 36.7 Å². The Labute approximate surface area is 123 Å². The van der Waals surface area contributed by atoms with Crippen molar-refractivity contribution in [3.8, 4) is 5.69 Å². The predicted octanol–water partition coefficient (Wildman–Crippen LogP) is 2.19. The number of benzene rings is 1. The van der Waals surface area contributed by atoms with Crippen LogP contribution in [-0.2, 0) is 0 Å². The van der Waals surface area contributed by atoms with Gasteiger partial charge in [-0.25, -0.2) is 9.67 Å². The van der Waals surface area contributed by atoms with Crippen LogP contribution < -0.4 is 5.32 Å². The maximum atomic E-state index is 12.3. The number of hydrogen-bond donors (Lipinski definition) is 1. The van der Waals surface area contributed by atoms with E-state index in [0.717, 1.165) is 18.0 Å². The van der Waals surface area contributed by atoms with Crippen LogP contribution in [0.4, 0.5) is 0 Å². The molecule has 3 atom stereocenters. The van der Waals surface area contributed by atoms with E-state index in [-0.39, 0.29) is 11.7 Å². The molecule has 21 heavy (non-hydrogen) atoms. The number of hydrogen-bond acceptors (Lipinski definition) is 3. The summed E-state index contributed by atoms with van der Waals surface area (Å²) in [6.07, 6.45) is 6.57. The molecule has 0 aliphatic heterocycles. The molecule has 2 aliphatic carbocycles. The molecular weight excluding hydrogens is 264 g/mol.